The van der Waals surface area contributed by atoms with Crippen molar-refractivity contribution in [2.75, 3.05) is 5.75 Å². The fourth-order valence-corrected chi connectivity index (χ4v) is 2.29. The third-order valence-corrected chi connectivity index (χ3v) is 3.79. The summed E-state index contributed by atoms with van der Waals surface area (Å²) in [6.45, 7) is 1.56. The molecule has 0 unspecified atom stereocenters. The molecule has 0 amide bonds. The maximum Gasteiger partial charge on any atom is 0.178 e. The molecule has 0 aromatic heterocycles. The summed E-state index contributed by atoms with van der Waals surface area (Å²) in [6, 6.07) is 3.54. The highest BCUT2D eigenvalue weighted by Gasteiger charge is 2.15. The average Bonchev–Trinajstić information content (AvgIpc) is 2.17. The summed E-state index contributed by atoms with van der Waals surface area (Å²) in [7, 11) is -3.30. The van der Waals surface area contributed by atoms with Crippen LogP contribution in [0.25, 0.3) is 0 Å². The van der Waals surface area contributed by atoms with E-state index in [0.29, 0.717) is 5.56 Å². The highest BCUT2D eigenvalue weighted by Crippen LogP contribution is 2.17. The molecule has 0 aliphatic heterocycles. The van der Waals surface area contributed by atoms with Crippen LogP contribution < -0.4 is 5.73 Å². The minimum absolute atomic E-state index is 0.00830. The van der Waals surface area contributed by atoms with Crippen molar-refractivity contribution >= 4 is 9.84 Å². The first-order chi connectivity index (χ1) is 6.51. The first-order valence-corrected chi connectivity index (χ1v) is 5.87. The van der Waals surface area contributed by atoms with E-state index in [1.54, 1.807) is 6.92 Å². The van der Waals surface area contributed by atoms with Crippen LogP contribution in [0.3, 0.4) is 0 Å². The van der Waals surface area contributed by atoms with E-state index in [1.807, 2.05) is 0 Å². The Morgan fingerprint density at radius 3 is 2.57 bits per heavy atom. The average molecular weight is 217 g/mol. The van der Waals surface area contributed by atoms with Gasteiger partial charge in [-0.1, -0.05) is 6.92 Å². The van der Waals surface area contributed by atoms with E-state index >= 15 is 0 Å². The Hall–Kier alpha value is -0.940. The van der Waals surface area contributed by atoms with Crippen LogP contribution in [0, 0.1) is 5.82 Å². The molecule has 0 saturated carbocycles. The fraction of sp³-hybridized carbons (Fsp3) is 0.333. The molecule has 5 heteroatoms. The molecule has 1 aromatic rings. The van der Waals surface area contributed by atoms with Crippen LogP contribution in [0.15, 0.2) is 23.1 Å². The van der Waals surface area contributed by atoms with Crippen molar-refractivity contribution in [3.8, 4) is 0 Å². The predicted octanol–water partition coefficient (Wildman–Crippen LogP) is 1.08. The van der Waals surface area contributed by atoms with Crippen molar-refractivity contribution < 1.29 is 12.8 Å². The summed E-state index contributed by atoms with van der Waals surface area (Å²) in [5, 5.41) is 0. The van der Waals surface area contributed by atoms with E-state index in [1.165, 1.54) is 6.07 Å². The topological polar surface area (TPSA) is 60.2 Å². The lowest BCUT2D eigenvalue weighted by Gasteiger charge is -2.06. The fourth-order valence-electron chi connectivity index (χ4n) is 1.17. The van der Waals surface area contributed by atoms with Gasteiger partial charge in [0, 0.05) is 6.54 Å². The number of benzene rings is 1. The van der Waals surface area contributed by atoms with Crippen molar-refractivity contribution in [2.24, 2.45) is 5.73 Å². The van der Waals surface area contributed by atoms with Crippen LogP contribution in [-0.2, 0) is 16.4 Å². The first-order valence-electron chi connectivity index (χ1n) is 4.22. The van der Waals surface area contributed by atoms with Gasteiger partial charge in [-0.3, -0.25) is 0 Å². The molecule has 1 rings (SSSR count). The van der Waals surface area contributed by atoms with E-state index in [2.05, 4.69) is 0 Å². The molecule has 3 nitrogen and oxygen atoms in total. The number of hydrogen-bond donors (Lipinski definition) is 1. The van der Waals surface area contributed by atoms with Crippen LogP contribution in [0.2, 0.25) is 0 Å². The standard InChI is InChI=1S/C9H12FNO2S/c1-2-14(12,13)9-4-3-8(10)5-7(9)6-11/h3-5H,2,6,11H2,1H3. The quantitative estimate of drug-likeness (QED) is 0.771. The lowest BCUT2D eigenvalue weighted by atomic mass is 10.2. The second-order valence-corrected chi connectivity index (χ2v) is 5.11. The largest absolute Gasteiger partial charge is 0.326 e. The van der Waals surface area contributed by atoms with E-state index < -0.39 is 15.7 Å². The van der Waals surface area contributed by atoms with Crippen molar-refractivity contribution in [1.29, 1.82) is 0 Å². The molecular formula is C9H12FNO2S. The van der Waals surface area contributed by atoms with Gasteiger partial charge >= 0.3 is 0 Å². The molecule has 0 spiro atoms. The van der Waals surface area contributed by atoms with Crippen molar-refractivity contribution in [1.82, 2.24) is 0 Å². The molecule has 14 heavy (non-hydrogen) atoms. The lowest BCUT2D eigenvalue weighted by Crippen LogP contribution is -2.10. The Bertz CT molecular complexity index is 428. The van der Waals surface area contributed by atoms with Crippen LogP contribution >= 0.6 is 0 Å². The minimum atomic E-state index is -3.30. The zero-order valence-corrected chi connectivity index (χ0v) is 8.64. The van der Waals surface area contributed by atoms with E-state index in [4.69, 9.17) is 5.73 Å². The first kappa shape index (κ1) is 11.1. The summed E-state index contributed by atoms with van der Waals surface area (Å²) in [6.07, 6.45) is 0. The van der Waals surface area contributed by atoms with E-state index in [0.717, 1.165) is 12.1 Å². The van der Waals surface area contributed by atoms with Gasteiger partial charge in [0.2, 0.25) is 0 Å². The highest BCUT2D eigenvalue weighted by molar-refractivity contribution is 7.91. The van der Waals surface area contributed by atoms with Gasteiger partial charge in [-0.2, -0.15) is 0 Å². The minimum Gasteiger partial charge on any atom is -0.326 e. The number of rotatable bonds is 3. The molecule has 78 valence electrons. The smallest absolute Gasteiger partial charge is 0.178 e. The molecule has 0 radical (unpaired) electrons. The van der Waals surface area contributed by atoms with Crippen molar-refractivity contribution in [3.63, 3.8) is 0 Å². The third kappa shape index (κ3) is 2.10. The van der Waals surface area contributed by atoms with Gasteiger partial charge in [-0.05, 0) is 23.8 Å². The van der Waals surface area contributed by atoms with Gasteiger partial charge < -0.3 is 5.73 Å². The van der Waals surface area contributed by atoms with Gasteiger partial charge in [0.25, 0.3) is 0 Å². The van der Waals surface area contributed by atoms with Crippen LogP contribution in [0.1, 0.15) is 12.5 Å². The molecule has 2 N–H and O–H groups in total. The SMILES string of the molecule is CCS(=O)(=O)c1ccc(F)cc1CN. The molecule has 0 heterocycles. The summed E-state index contributed by atoms with van der Waals surface area (Å²) in [4.78, 5) is 0.129. The van der Waals surface area contributed by atoms with E-state index in [-0.39, 0.29) is 17.2 Å². The second kappa shape index (κ2) is 4.06. The number of sulfone groups is 1. The highest BCUT2D eigenvalue weighted by atomic mass is 32.2. The predicted molar refractivity (Wildman–Crippen MR) is 52.0 cm³/mol. The number of hydrogen-bond acceptors (Lipinski definition) is 3. The van der Waals surface area contributed by atoms with Gasteiger partial charge in [-0.25, -0.2) is 12.8 Å². The molecule has 0 saturated heterocycles. The van der Waals surface area contributed by atoms with Crippen molar-refractivity contribution in [3.05, 3.63) is 29.6 Å². The molecule has 0 aliphatic rings. The second-order valence-electron chi connectivity index (χ2n) is 2.86. The maximum atomic E-state index is 12.8. The Morgan fingerprint density at radius 2 is 2.07 bits per heavy atom. The zero-order chi connectivity index (χ0) is 10.8. The maximum absolute atomic E-state index is 12.8. The Balaban J connectivity index is 3.35. The Labute approximate surface area is 82.7 Å². The molecule has 0 atom stereocenters. The van der Waals surface area contributed by atoms with Gasteiger partial charge in [0.05, 0.1) is 10.6 Å². The summed E-state index contributed by atoms with van der Waals surface area (Å²) < 4.78 is 35.8. The molecule has 0 bridgehead atoms. The van der Waals surface area contributed by atoms with E-state index in [9.17, 15) is 12.8 Å². The number of halogens is 1. The van der Waals surface area contributed by atoms with Gasteiger partial charge in [0.15, 0.2) is 9.84 Å². The Morgan fingerprint density at radius 1 is 1.43 bits per heavy atom. The lowest BCUT2D eigenvalue weighted by molar-refractivity contribution is 0.594. The summed E-state index contributed by atoms with van der Waals surface area (Å²) >= 11 is 0. The molecule has 1 aromatic carbocycles. The van der Waals surface area contributed by atoms with Crippen LogP contribution in [-0.4, -0.2) is 14.2 Å². The van der Waals surface area contributed by atoms with Gasteiger partial charge in [0.1, 0.15) is 5.82 Å². The van der Waals surface area contributed by atoms with Crippen LogP contribution in [0.5, 0.6) is 0 Å². The van der Waals surface area contributed by atoms with Crippen molar-refractivity contribution in [2.45, 2.75) is 18.4 Å². The third-order valence-electron chi connectivity index (χ3n) is 1.96. The summed E-state index contributed by atoms with van der Waals surface area (Å²) in [5.41, 5.74) is 5.67. The molecular weight excluding hydrogens is 205 g/mol. The summed E-state index contributed by atoms with van der Waals surface area (Å²) in [5.74, 6) is -0.480. The normalized spacial score (nSPS) is 11.6. The zero-order valence-electron chi connectivity index (χ0n) is 7.83. The van der Waals surface area contributed by atoms with Crippen LogP contribution in [0.4, 0.5) is 4.39 Å². The number of nitrogens with two attached hydrogens (primary N) is 1. The van der Waals surface area contributed by atoms with Gasteiger partial charge in [-0.15, -0.1) is 0 Å². The monoisotopic (exact) mass is 217 g/mol. The molecule has 0 aliphatic carbocycles. The molecule has 0 fully saturated rings. The Kier molecular flexibility index (Phi) is 3.23.